The van der Waals surface area contributed by atoms with Crippen molar-refractivity contribution in [3.05, 3.63) is 52.5 Å². The first-order chi connectivity index (χ1) is 11.6. The molecule has 0 saturated heterocycles. The van der Waals surface area contributed by atoms with E-state index in [1.807, 2.05) is 5.38 Å². The summed E-state index contributed by atoms with van der Waals surface area (Å²) in [5, 5.41) is 9.40. The van der Waals surface area contributed by atoms with Gasteiger partial charge in [0.25, 0.3) is 0 Å². The smallest absolute Gasteiger partial charge is 0.313 e. The summed E-state index contributed by atoms with van der Waals surface area (Å²) in [5.41, 5.74) is 1.57. The maximum atomic E-state index is 12.9. The molecule has 2 amide bonds. The molecule has 0 aliphatic heterocycles. The molecule has 2 aromatic rings. The van der Waals surface area contributed by atoms with E-state index in [4.69, 9.17) is 0 Å². The quantitative estimate of drug-likeness (QED) is 0.833. The summed E-state index contributed by atoms with van der Waals surface area (Å²) < 4.78 is 12.9. The van der Waals surface area contributed by atoms with E-state index in [-0.39, 0.29) is 5.41 Å². The number of hydrogen-bond acceptors (Lipinski definition) is 3. The van der Waals surface area contributed by atoms with Crippen molar-refractivity contribution in [2.24, 2.45) is 0 Å². The van der Waals surface area contributed by atoms with Crippen molar-refractivity contribution >= 4 is 28.8 Å². The molecule has 0 atom stereocenters. The molecule has 3 rings (SSSR count). The monoisotopic (exact) mass is 346 g/mol. The van der Waals surface area contributed by atoms with E-state index in [0.29, 0.717) is 12.2 Å². The standard InChI is InChI=1S/C18H19FN2O2S/c19-14-3-5-15(6-4-14)21-17(23)16(22)20-12-18(8-1-2-9-18)13-7-10-24-11-13/h3-7,10-11H,1-2,8-9,12H2,(H,20,22)(H,21,23). The Morgan fingerprint density at radius 1 is 1.08 bits per heavy atom. The van der Waals surface area contributed by atoms with Gasteiger partial charge in [-0.3, -0.25) is 9.59 Å². The third-order valence-corrected chi connectivity index (χ3v) is 5.27. The van der Waals surface area contributed by atoms with Gasteiger partial charge in [0, 0.05) is 17.6 Å². The highest BCUT2D eigenvalue weighted by molar-refractivity contribution is 7.08. The molecule has 0 bridgehead atoms. The Kier molecular flexibility index (Phi) is 4.94. The number of thiophene rings is 1. The zero-order valence-corrected chi connectivity index (χ0v) is 14.0. The number of halogens is 1. The number of carbonyl (C=O) groups excluding carboxylic acids is 2. The molecule has 1 fully saturated rings. The van der Waals surface area contributed by atoms with Crippen LogP contribution in [0.25, 0.3) is 0 Å². The summed E-state index contributed by atoms with van der Waals surface area (Å²) >= 11 is 1.65. The van der Waals surface area contributed by atoms with E-state index in [0.717, 1.165) is 25.7 Å². The molecule has 1 saturated carbocycles. The van der Waals surface area contributed by atoms with Crippen LogP contribution in [-0.2, 0) is 15.0 Å². The topological polar surface area (TPSA) is 58.2 Å². The van der Waals surface area contributed by atoms with Gasteiger partial charge in [0.05, 0.1) is 0 Å². The summed E-state index contributed by atoms with van der Waals surface area (Å²) in [6.45, 7) is 0.458. The molecule has 2 N–H and O–H groups in total. The van der Waals surface area contributed by atoms with Gasteiger partial charge in [-0.15, -0.1) is 0 Å². The first kappa shape index (κ1) is 16.6. The second-order valence-corrected chi connectivity index (χ2v) is 6.92. The third-order valence-electron chi connectivity index (χ3n) is 4.59. The van der Waals surface area contributed by atoms with Crippen LogP contribution in [0.3, 0.4) is 0 Å². The zero-order chi connectivity index (χ0) is 17.0. The predicted molar refractivity (Wildman–Crippen MR) is 92.5 cm³/mol. The molecular formula is C18H19FN2O2S. The van der Waals surface area contributed by atoms with Crippen molar-refractivity contribution in [1.29, 1.82) is 0 Å². The van der Waals surface area contributed by atoms with Gasteiger partial charge < -0.3 is 10.6 Å². The Labute approximate surface area is 144 Å². The Morgan fingerprint density at radius 3 is 2.42 bits per heavy atom. The molecule has 0 unspecified atom stereocenters. The molecule has 6 heteroatoms. The van der Waals surface area contributed by atoms with Gasteiger partial charge in [-0.1, -0.05) is 12.8 Å². The number of carbonyl (C=O) groups is 2. The third kappa shape index (κ3) is 3.64. The number of anilines is 1. The molecular weight excluding hydrogens is 327 g/mol. The van der Waals surface area contributed by atoms with E-state index in [9.17, 15) is 14.0 Å². The fourth-order valence-electron chi connectivity index (χ4n) is 3.24. The average Bonchev–Trinajstić information content (AvgIpc) is 3.26. The van der Waals surface area contributed by atoms with Crippen molar-refractivity contribution in [2.75, 3.05) is 11.9 Å². The second-order valence-electron chi connectivity index (χ2n) is 6.14. The van der Waals surface area contributed by atoms with Crippen LogP contribution < -0.4 is 10.6 Å². The Morgan fingerprint density at radius 2 is 1.79 bits per heavy atom. The molecule has 126 valence electrons. The van der Waals surface area contributed by atoms with Crippen LogP contribution in [-0.4, -0.2) is 18.4 Å². The van der Waals surface area contributed by atoms with Crippen LogP contribution in [0.2, 0.25) is 0 Å². The normalized spacial score (nSPS) is 15.9. The van der Waals surface area contributed by atoms with Crippen molar-refractivity contribution in [2.45, 2.75) is 31.1 Å². The van der Waals surface area contributed by atoms with Crippen LogP contribution in [0, 0.1) is 5.82 Å². The van der Waals surface area contributed by atoms with E-state index in [1.165, 1.54) is 29.8 Å². The van der Waals surface area contributed by atoms with Gasteiger partial charge >= 0.3 is 11.8 Å². The molecule has 0 spiro atoms. The van der Waals surface area contributed by atoms with E-state index < -0.39 is 17.6 Å². The van der Waals surface area contributed by atoms with Crippen molar-refractivity contribution in [1.82, 2.24) is 5.32 Å². The molecule has 4 nitrogen and oxygen atoms in total. The van der Waals surface area contributed by atoms with Crippen LogP contribution in [0.15, 0.2) is 41.1 Å². The van der Waals surface area contributed by atoms with Crippen LogP contribution >= 0.6 is 11.3 Å². The summed E-state index contributed by atoms with van der Waals surface area (Å²) in [5.74, 6) is -1.79. The molecule has 1 aromatic carbocycles. The highest BCUT2D eigenvalue weighted by atomic mass is 32.1. The zero-order valence-electron chi connectivity index (χ0n) is 13.2. The Bertz CT molecular complexity index is 707. The number of hydrogen-bond donors (Lipinski definition) is 2. The predicted octanol–water partition coefficient (Wildman–Crippen LogP) is 3.45. The summed E-state index contributed by atoms with van der Waals surface area (Å²) in [4.78, 5) is 24.1. The Hall–Kier alpha value is -2.21. The number of rotatable bonds is 4. The van der Waals surface area contributed by atoms with Gasteiger partial charge in [0.1, 0.15) is 5.82 Å². The number of benzene rings is 1. The Balaban J connectivity index is 1.59. The van der Waals surface area contributed by atoms with Gasteiger partial charge in [0.2, 0.25) is 0 Å². The molecule has 0 radical (unpaired) electrons. The van der Waals surface area contributed by atoms with E-state index >= 15 is 0 Å². The fraction of sp³-hybridized carbons (Fsp3) is 0.333. The van der Waals surface area contributed by atoms with Crippen molar-refractivity contribution in [3.8, 4) is 0 Å². The van der Waals surface area contributed by atoms with Gasteiger partial charge in [0.15, 0.2) is 0 Å². The first-order valence-corrected chi connectivity index (χ1v) is 8.91. The summed E-state index contributed by atoms with van der Waals surface area (Å²) in [7, 11) is 0. The van der Waals surface area contributed by atoms with E-state index in [2.05, 4.69) is 22.1 Å². The minimum atomic E-state index is -0.736. The number of nitrogens with one attached hydrogen (secondary N) is 2. The van der Waals surface area contributed by atoms with Crippen molar-refractivity contribution < 1.29 is 14.0 Å². The summed E-state index contributed by atoms with van der Waals surface area (Å²) in [6, 6.07) is 7.41. The fourth-order valence-corrected chi connectivity index (χ4v) is 4.02. The lowest BCUT2D eigenvalue weighted by Gasteiger charge is -2.28. The maximum Gasteiger partial charge on any atom is 0.313 e. The lowest BCUT2D eigenvalue weighted by molar-refractivity contribution is -0.136. The highest BCUT2D eigenvalue weighted by Gasteiger charge is 2.36. The molecule has 1 aromatic heterocycles. The lowest BCUT2D eigenvalue weighted by Crippen LogP contribution is -2.43. The molecule has 1 heterocycles. The van der Waals surface area contributed by atoms with E-state index in [1.54, 1.807) is 11.3 Å². The minimum absolute atomic E-state index is 0.0637. The molecule has 1 aliphatic carbocycles. The second kappa shape index (κ2) is 7.13. The van der Waals surface area contributed by atoms with Crippen LogP contribution in [0.1, 0.15) is 31.2 Å². The van der Waals surface area contributed by atoms with Gasteiger partial charge in [-0.05, 0) is 59.5 Å². The maximum absolute atomic E-state index is 12.9. The van der Waals surface area contributed by atoms with Gasteiger partial charge in [-0.25, -0.2) is 4.39 Å². The number of amides is 2. The average molecular weight is 346 g/mol. The molecule has 24 heavy (non-hydrogen) atoms. The SMILES string of the molecule is O=C(NCC1(c2ccsc2)CCCC1)C(=O)Nc1ccc(F)cc1. The lowest BCUT2D eigenvalue weighted by atomic mass is 9.80. The molecule has 1 aliphatic rings. The summed E-state index contributed by atoms with van der Waals surface area (Å²) in [6.07, 6.45) is 4.30. The van der Waals surface area contributed by atoms with Crippen molar-refractivity contribution in [3.63, 3.8) is 0 Å². The first-order valence-electron chi connectivity index (χ1n) is 7.96. The minimum Gasteiger partial charge on any atom is -0.347 e. The van der Waals surface area contributed by atoms with Gasteiger partial charge in [-0.2, -0.15) is 11.3 Å². The largest absolute Gasteiger partial charge is 0.347 e. The van der Waals surface area contributed by atoms with Crippen LogP contribution in [0.5, 0.6) is 0 Å². The van der Waals surface area contributed by atoms with Crippen LogP contribution in [0.4, 0.5) is 10.1 Å². The highest BCUT2D eigenvalue weighted by Crippen LogP contribution is 2.41.